The van der Waals surface area contributed by atoms with Gasteiger partial charge >= 0.3 is 5.97 Å². The van der Waals surface area contributed by atoms with Crippen LogP contribution in [0.5, 0.6) is 5.75 Å². The van der Waals surface area contributed by atoms with E-state index in [1.165, 1.54) is 30.5 Å². The highest BCUT2D eigenvalue weighted by atomic mass is 32.2. The molecule has 2 aromatic carbocycles. The van der Waals surface area contributed by atoms with Crippen LogP contribution in [0.4, 0.5) is 5.69 Å². The molecule has 1 aliphatic rings. The molecule has 32 heavy (non-hydrogen) atoms. The number of allylic oxidation sites excluding steroid dienone is 1. The Labute approximate surface area is 185 Å². The predicted octanol–water partition coefficient (Wildman–Crippen LogP) is 1.93. The standard InChI is InChI=1S/C22H21N3O6S/c1-14(24)18(12-23)20(26)13-31-22(27)17-11-16(7-8-21(17)30-2)32(28,29)25-10-9-15-5-3-4-6-19(15)25/h3-8,11H,9-10,13,24H2,1-2H3/b18-14+. The van der Waals surface area contributed by atoms with Gasteiger partial charge in [0.05, 0.1) is 17.7 Å². The number of nitrogens with two attached hydrogens (primary N) is 1. The summed E-state index contributed by atoms with van der Waals surface area (Å²) in [7, 11) is -2.64. The second kappa shape index (κ2) is 9.11. The summed E-state index contributed by atoms with van der Waals surface area (Å²) in [6, 6.07) is 12.7. The first-order chi connectivity index (χ1) is 15.2. The van der Waals surface area contributed by atoms with Crippen molar-refractivity contribution in [2.75, 3.05) is 24.6 Å². The number of Topliss-reactive ketones (excluding diaryl/α,β-unsaturated/α-hetero) is 1. The number of carbonyl (C=O) groups is 2. The highest BCUT2D eigenvalue weighted by molar-refractivity contribution is 7.92. The van der Waals surface area contributed by atoms with Crippen LogP contribution < -0.4 is 14.8 Å². The van der Waals surface area contributed by atoms with E-state index in [0.29, 0.717) is 12.1 Å². The molecule has 0 radical (unpaired) electrons. The topological polar surface area (TPSA) is 140 Å². The van der Waals surface area contributed by atoms with Crippen LogP contribution in [0.15, 0.2) is 58.6 Å². The number of fused-ring (bicyclic) bond motifs is 1. The maximum absolute atomic E-state index is 13.3. The van der Waals surface area contributed by atoms with Gasteiger partial charge in [-0.05, 0) is 43.2 Å². The van der Waals surface area contributed by atoms with Gasteiger partial charge in [0.2, 0.25) is 5.78 Å². The zero-order valence-corrected chi connectivity index (χ0v) is 18.3. The molecule has 0 amide bonds. The Kier molecular flexibility index (Phi) is 6.50. The third-order valence-electron chi connectivity index (χ3n) is 4.94. The van der Waals surface area contributed by atoms with Crippen LogP contribution in [0.25, 0.3) is 0 Å². The van der Waals surface area contributed by atoms with Crippen molar-refractivity contribution in [3.63, 3.8) is 0 Å². The molecule has 2 aromatic rings. The van der Waals surface area contributed by atoms with Gasteiger partial charge in [-0.25, -0.2) is 13.2 Å². The number of anilines is 1. The molecule has 1 aliphatic heterocycles. The zero-order chi connectivity index (χ0) is 23.5. The number of nitrogens with zero attached hydrogens (tertiary/aromatic N) is 2. The quantitative estimate of drug-likeness (QED) is 0.379. The molecule has 0 unspecified atom stereocenters. The van der Waals surface area contributed by atoms with Gasteiger partial charge in [-0.15, -0.1) is 0 Å². The summed E-state index contributed by atoms with van der Waals surface area (Å²) in [5, 5.41) is 8.99. The smallest absolute Gasteiger partial charge is 0.342 e. The Bertz CT molecular complexity index is 1260. The van der Waals surface area contributed by atoms with Gasteiger partial charge in [0.25, 0.3) is 10.0 Å². The highest BCUT2D eigenvalue weighted by Gasteiger charge is 2.32. The molecule has 0 spiro atoms. The molecule has 0 bridgehead atoms. The summed E-state index contributed by atoms with van der Waals surface area (Å²) in [5.41, 5.74) is 6.51. The second-order valence-corrected chi connectivity index (χ2v) is 8.85. The van der Waals surface area contributed by atoms with E-state index in [2.05, 4.69) is 0 Å². The Hall–Kier alpha value is -3.84. The van der Waals surface area contributed by atoms with Crippen LogP contribution in [-0.2, 0) is 26.0 Å². The van der Waals surface area contributed by atoms with Gasteiger partial charge in [0, 0.05) is 12.2 Å². The molecule has 9 nitrogen and oxygen atoms in total. The monoisotopic (exact) mass is 455 g/mol. The summed E-state index contributed by atoms with van der Waals surface area (Å²) in [5.74, 6) is -1.66. The molecule has 0 saturated carbocycles. The minimum atomic E-state index is -3.96. The fraction of sp³-hybridized carbons (Fsp3) is 0.227. The van der Waals surface area contributed by atoms with Gasteiger partial charge in [-0.2, -0.15) is 5.26 Å². The van der Waals surface area contributed by atoms with E-state index in [-0.39, 0.29) is 34.0 Å². The number of methoxy groups -OCH3 is 1. The fourth-order valence-electron chi connectivity index (χ4n) is 3.34. The number of esters is 1. The lowest BCUT2D eigenvalue weighted by Gasteiger charge is -2.20. The van der Waals surface area contributed by atoms with Crippen LogP contribution in [0.1, 0.15) is 22.8 Å². The molecule has 1 heterocycles. The van der Waals surface area contributed by atoms with Crippen LogP contribution in [0, 0.1) is 11.3 Å². The molecule has 0 aromatic heterocycles. The zero-order valence-electron chi connectivity index (χ0n) is 17.5. The van der Waals surface area contributed by atoms with Crippen molar-refractivity contribution in [3.05, 3.63) is 64.9 Å². The summed E-state index contributed by atoms with van der Waals surface area (Å²) in [4.78, 5) is 24.5. The number of hydrogen-bond acceptors (Lipinski definition) is 8. The van der Waals surface area contributed by atoms with E-state index < -0.39 is 28.4 Å². The van der Waals surface area contributed by atoms with Gasteiger partial charge in [0.1, 0.15) is 23.0 Å². The summed E-state index contributed by atoms with van der Waals surface area (Å²) in [6.45, 7) is 0.936. The maximum atomic E-state index is 13.3. The predicted molar refractivity (Wildman–Crippen MR) is 115 cm³/mol. The Morgan fingerprint density at radius 1 is 1.22 bits per heavy atom. The van der Waals surface area contributed by atoms with Gasteiger partial charge < -0.3 is 15.2 Å². The first kappa shape index (κ1) is 22.8. The lowest BCUT2D eigenvalue weighted by Crippen LogP contribution is -2.29. The SMILES string of the molecule is COc1ccc(S(=O)(=O)N2CCc3ccccc32)cc1C(=O)OCC(=O)/C(C#N)=C(\C)N. The molecule has 0 fully saturated rings. The van der Waals surface area contributed by atoms with Gasteiger partial charge in [-0.1, -0.05) is 18.2 Å². The summed E-state index contributed by atoms with van der Waals surface area (Å²) >= 11 is 0. The van der Waals surface area contributed by atoms with E-state index in [1.54, 1.807) is 18.2 Å². The minimum Gasteiger partial charge on any atom is -0.496 e. The molecule has 0 atom stereocenters. The van der Waals surface area contributed by atoms with Crippen LogP contribution in [0.2, 0.25) is 0 Å². The van der Waals surface area contributed by atoms with Crippen molar-refractivity contribution in [2.24, 2.45) is 5.73 Å². The number of hydrogen-bond donors (Lipinski definition) is 1. The molecule has 10 heteroatoms. The Morgan fingerprint density at radius 3 is 2.59 bits per heavy atom. The third-order valence-corrected chi connectivity index (χ3v) is 6.75. The van der Waals surface area contributed by atoms with Crippen LogP contribution in [-0.4, -0.2) is 40.4 Å². The van der Waals surface area contributed by atoms with Gasteiger partial charge in [-0.3, -0.25) is 9.10 Å². The molecule has 166 valence electrons. The highest BCUT2D eigenvalue weighted by Crippen LogP contribution is 2.34. The fourth-order valence-corrected chi connectivity index (χ4v) is 4.87. The Balaban J connectivity index is 1.89. The van der Waals surface area contributed by atoms with Crippen molar-refractivity contribution in [3.8, 4) is 11.8 Å². The van der Waals surface area contributed by atoms with E-state index in [0.717, 1.165) is 11.6 Å². The normalized spacial score (nSPS) is 13.6. The number of carbonyl (C=O) groups excluding carboxylic acids is 2. The summed E-state index contributed by atoms with van der Waals surface area (Å²) in [6.07, 6.45) is 0.581. The first-order valence-electron chi connectivity index (χ1n) is 9.56. The number of rotatable bonds is 7. The number of sulfonamides is 1. The van der Waals surface area contributed by atoms with Crippen molar-refractivity contribution in [2.45, 2.75) is 18.2 Å². The lowest BCUT2D eigenvalue weighted by molar-refractivity contribution is -0.118. The number of para-hydroxylation sites is 1. The van der Waals surface area contributed by atoms with E-state index in [1.807, 2.05) is 12.1 Å². The first-order valence-corrected chi connectivity index (χ1v) is 11.0. The average Bonchev–Trinajstić information content (AvgIpc) is 3.22. The van der Waals surface area contributed by atoms with Crippen molar-refractivity contribution < 1.29 is 27.5 Å². The van der Waals surface area contributed by atoms with Crippen LogP contribution in [0.3, 0.4) is 0 Å². The van der Waals surface area contributed by atoms with Crippen molar-refractivity contribution in [1.82, 2.24) is 0 Å². The molecule has 0 saturated heterocycles. The largest absolute Gasteiger partial charge is 0.496 e. The molecule has 0 aliphatic carbocycles. The second-order valence-electron chi connectivity index (χ2n) is 6.99. The number of benzene rings is 2. The molecular weight excluding hydrogens is 434 g/mol. The third kappa shape index (κ3) is 4.29. The van der Waals surface area contributed by atoms with Crippen molar-refractivity contribution >= 4 is 27.5 Å². The maximum Gasteiger partial charge on any atom is 0.342 e. The average molecular weight is 455 g/mol. The van der Waals surface area contributed by atoms with Crippen molar-refractivity contribution in [1.29, 1.82) is 5.26 Å². The molecule has 2 N–H and O–H groups in total. The minimum absolute atomic E-state index is 0.00474. The summed E-state index contributed by atoms with van der Waals surface area (Å²) < 4.78 is 38.0. The van der Waals surface area contributed by atoms with Gasteiger partial charge in [0.15, 0.2) is 6.61 Å². The van der Waals surface area contributed by atoms with E-state index in [4.69, 9.17) is 20.5 Å². The van der Waals surface area contributed by atoms with E-state index in [9.17, 15) is 18.0 Å². The molecule has 3 rings (SSSR count). The van der Waals surface area contributed by atoms with Crippen LogP contribution >= 0.6 is 0 Å². The Morgan fingerprint density at radius 2 is 1.94 bits per heavy atom. The number of ketones is 1. The number of nitriles is 1. The van der Waals surface area contributed by atoms with E-state index >= 15 is 0 Å². The number of ether oxygens (including phenoxy) is 2. The molecular formula is C22H21N3O6S. The lowest BCUT2D eigenvalue weighted by atomic mass is 10.1.